The molecule has 0 fully saturated rings. The van der Waals surface area contributed by atoms with Crippen molar-refractivity contribution in [3.8, 4) is 11.5 Å². The van der Waals surface area contributed by atoms with Crippen LogP contribution in [0.25, 0.3) is 0 Å². The average Bonchev–Trinajstić information content (AvgIpc) is 2.93. The lowest BCUT2D eigenvalue weighted by Crippen LogP contribution is -2.14. The molecule has 0 spiro atoms. The molecule has 1 aliphatic rings. The quantitative estimate of drug-likeness (QED) is 0.619. The van der Waals surface area contributed by atoms with E-state index in [2.05, 4.69) is 15.2 Å². The van der Waals surface area contributed by atoms with Gasteiger partial charge in [0.2, 0.25) is 0 Å². The molecule has 1 aliphatic heterocycles. The zero-order chi connectivity index (χ0) is 22.0. The minimum atomic E-state index is -3.83. The lowest BCUT2D eigenvalue weighted by Gasteiger charge is -2.12. The standard InChI is InChI=1S/C21H21N3O6S/c1-13-20(14(2)30-23-13)21(25)22-15-4-6-16(7-5-15)24-31(26,27)17-8-9-18-19(12-17)29-11-3-10-28-18/h4-9,12,24H,3,10-11H2,1-2H3,(H,22,25). The number of nitrogens with zero attached hydrogens (tertiary/aromatic N) is 1. The molecule has 0 atom stereocenters. The summed E-state index contributed by atoms with van der Waals surface area (Å²) in [7, 11) is -3.83. The van der Waals surface area contributed by atoms with Gasteiger partial charge in [-0.2, -0.15) is 0 Å². The van der Waals surface area contributed by atoms with Gasteiger partial charge in [0.1, 0.15) is 11.3 Å². The maximum atomic E-state index is 12.8. The highest BCUT2D eigenvalue weighted by atomic mass is 32.2. The van der Waals surface area contributed by atoms with Crippen LogP contribution in [0.4, 0.5) is 11.4 Å². The van der Waals surface area contributed by atoms with Crippen LogP contribution in [0.2, 0.25) is 0 Å². The zero-order valence-corrected chi connectivity index (χ0v) is 17.8. The van der Waals surface area contributed by atoms with E-state index >= 15 is 0 Å². The Labute approximate surface area is 179 Å². The third-order valence-corrected chi connectivity index (χ3v) is 6.06. The summed E-state index contributed by atoms with van der Waals surface area (Å²) in [6.45, 7) is 4.33. The van der Waals surface area contributed by atoms with E-state index < -0.39 is 10.0 Å². The number of benzene rings is 2. The Morgan fingerprint density at radius 2 is 1.65 bits per heavy atom. The van der Waals surface area contributed by atoms with E-state index in [1.54, 1.807) is 44.2 Å². The molecule has 10 heteroatoms. The van der Waals surface area contributed by atoms with Crippen molar-refractivity contribution in [2.45, 2.75) is 25.2 Å². The van der Waals surface area contributed by atoms with Crippen molar-refractivity contribution in [1.29, 1.82) is 0 Å². The molecule has 162 valence electrons. The van der Waals surface area contributed by atoms with Crippen LogP contribution in [0.5, 0.6) is 11.5 Å². The summed E-state index contributed by atoms with van der Waals surface area (Å²) in [5.41, 5.74) is 1.72. The molecule has 2 aromatic carbocycles. The van der Waals surface area contributed by atoms with Gasteiger partial charge in [0, 0.05) is 23.9 Å². The number of sulfonamides is 1. The molecule has 0 saturated heterocycles. The number of ether oxygens (including phenoxy) is 2. The third-order valence-electron chi connectivity index (χ3n) is 4.68. The summed E-state index contributed by atoms with van der Waals surface area (Å²) in [5.74, 6) is 0.999. The van der Waals surface area contributed by atoms with Gasteiger partial charge in [-0.15, -0.1) is 0 Å². The van der Waals surface area contributed by atoms with E-state index in [9.17, 15) is 13.2 Å². The minimum absolute atomic E-state index is 0.0625. The molecule has 0 aliphatic carbocycles. The van der Waals surface area contributed by atoms with Crippen molar-refractivity contribution in [3.05, 3.63) is 59.5 Å². The first kappa shape index (κ1) is 20.7. The van der Waals surface area contributed by atoms with Crippen molar-refractivity contribution in [1.82, 2.24) is 5.16 Å². The number of carbonyl (C=O) groups is 1. The molecule has 2 N–H and O–H groups in total. The van der Waals surface area contributed by atoms with Gasteiger partial charge in [0.05, 0.1) is 23.8 Å². The highest BCUT2D eigenvalue weighted by Crippen LogP contribution is 2.32. The summed E-state index contributed by atoms with van der Waals surface area (Å²) >= 11 is 0. The minimum Gasteiger partial charge on any atom is -0.490 e. The van der Waals surface area contributed by atoms with Crippen molar-refractivity contribution < 1.29 is 27.2 Å². The summed E-state index contributed by atoms with van der Waals surface area (Å²) in [4.78, 5) is 12.5. The van der Waals surface area contributed by atoms with Gasteiger partial charge in [-0.25, -0.2) is 8.42 Å². The molecule has 0 saturated carbocycles. The Kier molecular flexibility index (Phi) is 5.55. The highest BCUT2D eigenvalue weighted by molar-refractivity contribution is 7.92. The maximum absolute atomic E-state index is 12.8. The molecular weight excluding hydrogens is 422 g/mol. The smallest absolute Gasteiger partial charge is 0.262 e. The molecule has 1 aromatic heterocycles. The Morgan fingerprint density at radius 3 is 2.32 bits per heavy atom. The first-order valence-corrected chi connectivity index (χ1v) is 11.1. The molecule has 4 rings (SSSR count). The first-order chi connectivity index (χ1) is 14.8. The lowest BCUT2D eigenvalue weighted by atomic mass is 10.2. The number of nitrogens with one attached hydrogen (secondary N) is 2. The molecular formula is C21H21N3O6S. The van der Waals surface area contributed by atoms with E-state index in [4.69, 9.17) is 14.0 Å². The molecule has 0 radical (unpaired) electrons. The van der Waals surface area contributed by atoms with Crippen molar-refractivity contribution in [2.24, 2.45) is 0 Å². The number of anilines is 2. The molecule has 0 unspecified atom stereocenters. The van der Waals surface area contributed by atoms with Crippen molar-refractivity contribution in [3.63, 3.8) is 0 Å². The van der Waals surface area contributed by atoms with Crippen LogP contribution in [0.3, 0.4) is 0 Å². The lowest BCUT2D eigenvalue weighted by molar-refractivity contribution is 0.102. The van der Waals surface area contributed by atoms with Gasteiger partial charge in [-0.05, 0) is 50.2 Å². The fourth-order valence-corrected chi connectivity index (χ4v) is 4.22. The van der Waals surface area contributed by atoms with Gasteiger partial charge < -0.3 is 19.3 Å². The number of fused-ring (bicyclic) bond motifs is 1. The van der Waals surface area contributed by atoms with Gasteiger partial charge in [0.25, 0.3) is 15.9 Å². The second-order valence-electron chi connectivity index (χ2n) is 7.00. The summed E-state index contributed by atoms with van der Waals surface area (Å²) in [5, 5.41) is 6.51. The van der Waals surface area contributed by atoms with Crippen LogP contribution in [-0.4, -0.2) is 32.7 Å². The van der Waals surface area contributed by atoms with Crippen LogP contribution >= 0.6 is 0 Å². The molecule has 31 heavy (non-hydrogen) atoms. The van der Waals surface area contributed by atoms with Gasteiger partial charge in [0.15, 0.2) is 11.5 Å². The van der Waals surface area contributed by atoms with E-state index in [0.717, 1.165) is 6.42 Å². The second-order valence-corrected chi connectivity index (χ2v) is 8.68. The van der Waals surface area contributed by atoms with Gasteiger partial charge in [-0.1, -0.05) is 5.16 Å². The van der Waals surface area contributed by atoms with Crippen LogP contribution in [0.15, 0.2) is 51.9 Å². The van der Waals surface area contributed by atoms with E-state index in [1.807, 2.05) is 0 Å². The number of aryl methyl sites for hydroxylation is 2. The van der Waals surface area contributed by atoms with Crippen molar-refractivity contribution in [2.75, 3.05) is 23.3 Å². The predicted molar refractivity (Wildman–Crippen MR) is 113 cm³/mol. The summed E-state index contributed by atoms with van der Waals surface area (Å²) in [6, 6.07) is 10.8. The predicted octanol–water partition coefficient (Wildman–Crippen LogP) is 3.51. The monoisotopic (exact) mass is 443 g/mol. The van der Waals surface area contributed by atoms with Crippen LogP contribution in [-0.2, 0) is 10.0 Å². The van der Waals surface area contributed by atoms with E-state index in [0.29, 0.717) is 53.1 Å². The largest absolute Gasteiger partial charge is 0.490 e. The molecule has 3 aromatic rings. The normalized spacial score (nSPS) is 13.4. The Balaban J connectivity index is 1.47. The second kappa shape index (κ2) is 8.31. The molecule has 1 amide bonds. The fourth-order valence-electron chi connectivity index (χ4n) is 3.15. The summed E-state index contributed by atoms with van der Waals surface area (Å²) in [6.07, 6.45) is 0.730. The van der Waals surface area contributed by atoms with Crippen LogP contribution in [0, 0.1) is 13.8 Å². The van der Waals surface area contributed by atoms with Crippen molar-refractivity contribution >= 4 is 27.3 Å². The van der Waals surface area contributed by atoms with E-state index in [1.165, 1.54) is 12.1 Å². The SMILES string of the molecule is Cc1noc(C)c1C(=O)Nc1ccc(NS(=O)(=O)c2ccc3c(c2)OCCCO3)cc1. The van der Waals surface area contributed by atoms with E-state index in [-0.39, 0.29) is 10.8 Å². The van der Waals surface area contributed by atoms with Crippen LogP contribution < -0.4 is 19.5 Å². The molecule has 0 bridgehead atoms. The molecule has 2 heterocycles. The third kappa shape index (κ3) is 4.48. The topological polar surface area (TPSA) is 120 Å². The first-order valence-electron chi connectivity index (χ1n) is 9.60. The van der Waals surface area contributed by atoms with Gasteiger partial charge >= 0.3 is 0 Å². The Hall–Kier alpha value is -3.53. The number of hydrogen-bond donors (Lipinski definition) is 2. The number of aromatic nitrogens is 1. The number of rotatable bonds is 5. The molecule has 9 nitrogen and oxygen atoms in total. The Morgan fingerprint density at radius 1 is 0.968 bits per heavy atom. The Bertz CT molecular complexity index is 1200. The van der Waals surface area contributed by atoms with Crippen LogP contribution in [0.1, 0.15) is 28.2 Å². The maximum Gasteiger partial charge on any atom is 0.262 e. The highest BCUT2D eigenvalue weighted by Gasteiger charge is 2.20. The average molecular weight is 443 g/mol. The number of carbonyl (C=O) groups excluding carboxylic acids is 1. The summed E-state index contributed by atoms with van der Waals surface area (Å²) < 4.78 is 44.2. The number of amides is 1. The van der Waals surface area contributed by atoms with Gasteiger partial charge in [-0.3, -0.25) is 9.52 Å². The number of hydrogen-bond acceptors (Lipinski definition) is 7. The zero-order valence-electron chi connectivity index (χ0n) is 17.0. The fraction of sp³-hybridized carbons (Fsp3) is 0.238.